The van der Waals surface area contributed by atoms with Crippen LogP contribution in [0.2, 0.25) is 0 Å². The molecular formula is C29H40N6O2S. The summed E-state index contributed by atoms with van der Waals surface area (Å²) in [6, 6.07) is 11.1. The van der Waals surface area contributed by atoms with Gasteiger partial charge in [-0.15, -0.1) is 11.8 Å². The number of hydrogen-bond donors (Lipinski definition) is 4. The molecule has 4 N–H and O–H groups in total. The van der Waals surface area contributed by atoms with Crippen molar-refractivity contribution in [2.75, 3.05) is 43.6 Å². The van der Waals surface area contributed by atoms with Crippen LogP contribution in [0.4, 0.5) is 11.8 Å². The van der Waals surface area contributed by atoms with Gasteiger partial charge in [-0.25, -0.2) is 4.98 Å². The zero-order chi connectivity index (χ0) is 26.7. The lowest BCUT2D eigenvalue weighted by Crippen LogP contribution is -2.60. The molecule has 0 radical (unpaired) electrons. The van der Waals surface area contributed by atoms with Gasteiger partial charge in [0.2, 0.25) is 5.95 Å². The van der Waals surface area contributed by atoms with Crippen molar-refractivity contribution in [2.24, 2.45) is 23.2 Å². The molecule has 204 valence electrons. The smallest absolute Gasteiger partial charge is 0.224 e. The van der Waals surface area contributed by atoms with Gasteiger partial charge in [-0.3, -0.25) is 0 Å². The zero-order valence-corrected chi connectivity index (χ0v) is 23.3. The maximum atomic E-state index is 9.83. The maximum absolute atomic E-state index is 9.83. The Balaban J connectivity index is 1.24. The van der Waals surface area contributed by atoms with Gasteiger partial charge in [-0.2, -0.15) is 10.2 Å². The number of benzene rings is 1. The van der Waals surface area contributed by atoms with E-state index in [0.29, 0.717) is 48.2 Å². The topological polar surface area (TPSA) is 117 Å². The summed E-state index contributed by atoms with van der Waals surface area (Å²) >= 11 is 1.72. The molecule has 0 spiro atoms. The van der Waals surface area contributed by atoms with E-state index >= 15 is 0 Å². The summed E-state index contributed by atoms with van der Waals surface area (Å²) in [6.45, 7) is 2.11. The third-order valence-corrected chi connectivity index (χ3v) is 9.89. The van der Waals surface area contributed by atoms with E-state index in [-0.39, 0.29) is 12.0 Å². The van der Waals surface area contributed by atoms with Crippen molar-refractivity contribution in [1.82, 2.24) is 14.9 Å². The van der Waals surface area contributed by atoms with E-state index in [4.69, 9.17) is 4.98 Å². The van der Waals surface area contributed by atoms with Crippen LogP contribution in [0.3, 0.4) is 0 Å². The van der Waals surface area contributed by atoms with Gasteiger partial charge in [0.05, 0.1) is 18.9 Å². The number of aliphatic hydroxyl groups is 2. The Bertz CT molecular complexity index is 1140. The van der Waals surface area contributed by atoms with E-state index in [2.05, 4.69) is 52.0 Å². The maximum Gasteiger partial charge on any atom is 0.224 e. The van der Waals surface area contributed by atoms with Gasteiger partial charge in [0.15, 0.2) is 0 Å². The quantitative estimate of drug-likeness (QED) is 0.299. The number of hydrogen-bond acceptors (Lipinski definition) is 9. The molecule has 1 heterocycles. The first-order chi connectivity index (χ1) is 18.4. The number of anilines is 2. The Kier molecular flexibility index (Phi) is 8.44. The van der Waals surface area contributed by atoms with Crippen LogP contribution in [0, 0.1) is 34.5 Å². The molecule has 0 saturated heterocycles. The fourth-order valence-electron chi connectivity index (χ4n) is 7.67. The fourth-order valence-corrected chi connectivity index (χ4v) is 8.29. The predicted molar refractivity (Wildman–Crippen MR) is 151 cm³/mol. The molecule has 0 amide bonds. The lowest BCUT2D eigenvalue weighted by atomic mass is 9.47. The molecule has 1 aromatic heterocycles. The largest absolute Gasteiger partial charge is 0.394 e. The molecule has 6 atom stereocenters. The number of nitrogens with zero attached hydrogens (tertiary/aromatic N) is 4. The van der Waals surface area contributed by atoms with Crippen molar-refractivity contribution in [3.63, 3.8) is 0 Å². The SMILES string of the molecule is CSc1ccccc1CNc1ncc(C#N)c(NCC23CC4C[C@H](C2)C(N(C)CC[C@H](O)CO)[C@@H](C4)C3)n1. The summed E-state index contributed by atoms with van der Waals surface area (Å²) in [7, 11) is 2.19. The van der Waals surface area contributed by atoms with Crippen LogP contribution >= 0.6 is 11.8 Å². The molecule has 8 nitrogen and oxygen atoms in total. The summed E-state index contributed by atoms with van der Waals surface area (Å²) in [5.74, 6) is 3.24. The predicted octanol–water partition coefficient (Wildman–Crippen LogP) is 3.96. The van der Waals surface area contributed by atoms with Gasteiger partial charge in [-0.05, 0) is 86.6 Å². The van der Waals surface area contributed by atoms with Crippen molar-refractivity contribution in [2.45, 2.75) is 62.1 Å². The molecule has 38 heavy (non-hydrogen) atoms. The third-order valence-electron chi connectivity index (χ3n) is 9.05. The minimum absolute atomic E-state index is 0.168. The van der Waals surface area contributed by atoms with Crippen molar-refractivity contribution < 1.29 is 10.2 Å². The summed E-state index contributed by atoms with van der Waals surface area (Å²) < 4.78 is 0. The van der Waals surface area contributed by atoms with Crippen LogP contribution in [0.5, 0.6) is 0 Å². The molecule has 1 aromatic carbocycles. The Morgan fingerprint density at radius 1 is 1.21 bits per heavy atom. The first-order valence-electron chi connectivity index (χ1n) is 13.8. The molecule has 6 rings (SSSR count). The van der Waals surface area contributed by atoms with Crippen molar-refractivity contribution >= 4 is 23.5 Å². The summed E-state index contributed by atoms with van der Waals surface area (Å²) in [5, 5.41) is 35.7. The van der Waals surface area contributed by atoms with E-state index in [1.165, 1.54) is 42.6 Å². The van der Waals surface area contributed by atoms with E-state index in [0.717, 1.165) is 19.0 Å². The highest BCUT2D eigenvalue weighted by Crippen LogP contribution is 2.61. The number of thioether (sulfide) groups is 1. The number of aliphatic hydroxyl groups excluding tert-OH is 2. The standard InChI is InChI=1S/C29H40N6O2S/c1-35(8-7-24(37)17-36)26-21-9-19-10-22(26)13-29(11-19,12-21)18-33-27-23(14-30)16-32-28(34-27)31-15-20-5-3-4-6-25(20)38-2/h3-6,16,19,21-22,24,26,36-37H,7-13,15,17-18H2,1-2H3,(H2,31,32,33,34)/t19?,21-,22+,24-,26?,29?/m0/s1. The van der Waals surface area contributed by atoms with Gasteiger partial charge in [0.25, 0.3) is 0 Å². The second-order valence-corrected chi connectivity index (χ2v) is 12.5. The average Bonchev–Trinajstić information content (AvgIpc) is 2.93. The lowest BCUT2D eigenvalue weighted by Gasteiger charge is -2.62. The van der Waals surface area contributed by atoms with E-state index in [1.54, 1.807) is 18.0 Å². The highest BCUT2D eigenvalue weighted by atomic mass is 32.2. The Labute approximate surface area is 230 Å². The number of nitrogens with one attached hydrogen (secondary N) is 2. The number of nitriles is 1. The van der Waals surface area contributed by atoms with Crippen LogP contribution in [-0.4, -0.2) is 70.2 Å². The van der Waals surface area contributed by atoms with E-state index in [1.807, 2.05) is 12.1 Å². The minimum Gasteiger partial charge on any atom is -0.394 e. The van der Waals surface area contributed by atoms with E-state index < -0.39 is 6.10 Å². The Morgan fingerprint density at radius 2 is 1.97 bits per heavy atom. The van der Waals surface area contributed by atoms with Crippen LogP contribution in [0.15, 0.2) is 35.4 Å². The second-order valence-electron chi connectivity index (χ2n) is 11.7. The fraction of sp³-hybridized carbons (Fsp3) is 0.621. The van der Waals surface area contributed by atoms with Crippen LogP contribution in [0.25, 0.3) is 0 Å². The van der Waals surface area contributed by atoms with Gasteiger partial charge >= 0.3 is 0 Å². The average molecular weight is 537 g/mol. The van der Waals surface area contributed by atoms with Crippen LogP contribution in [0.1, 0.15) is 49.7 Å². The highest BCUT2D eigenvalue weighted by Gasteiger charge is 2.56. The van der Waals surface area contributed by atoms with Gasteiger partial charge < -0.3 is 25.7 Å². The zero-order valence-electron chi connectivity index (χ0n) is 22.4. The molecule has 0 aliphatic heterocycles. The van der Waals surface area contributed by atoms with Gasteiger partial charge in [-0.1, -0.05) is 18.2 Å². The number of rotatable bonds is 12. The van der Waals surface area contributed by atoms with Gasteiger partial charge in [0, 0.05) is 30.6 Å². The summed E-state index contributed by atoms with van der Waals surface area (Å²) in [5.41, 5.74) is 1.91. The third kappa shape index (κ3) is 5.79. The first kappa shape index (κ1) is 27.2. The molecule has 4 aliphatic carbocycles. The number of aromatic nitrogens is 2. The summed E-state index contributed by atoms with van der Waals surface area (Å²) in [4.78, 5) is 12.8. The molecule has 4 fully saturated rings. The van der Waals surface area contributed by atoms with Crippen LogP contribution in [-0.2, 0) is 6.54 Å². The molecule has 4 bridgehead atoms. The Hall–Kier alpha value is -2.38. The molecule has 3 unspecified atom stereocenters. The van der Waals surface area contributed by atoms with Crippen molar-refractivity contribution in [3.8, 4) is 6.07 Å². The second kappa shape index (κ2) is 11.8. The van der Waals surface area contributed by atoms with Crippen molar-refractivity contribution in [3.05, 3.63) is 41.6 Å². The molecular weight excluding hydrogens is 496 g/mol. The lowest BCUT2D eigenvalue weighted by molar-refractivity contribution is -0.103. The molecule has 4 saturated carbocycles. The summed E-state index contributed by atoms with van der Waals surface area (Å²) in [6.07, 6.45) is 9.87. The first-order valence-corrected chi connectivity index (χ1v) is 15.0. The Morgan fingerprint density at radius 3 is 2.68 bits per heavy atom. The minimum atomic E-state index is -0.633. The monoisotopic (exact) mass is 536 g/mol. The van der Waals surface area contributed by atoms with Gasteiger partial charge in [0.1, 0.15) is 17.5 Å². The van der Waals surface area contributed by atoms with E-state index in [9.17, 15) is 15.5 Å². The normalized spacial score (nSPS) is 28.3. The molecule has 2 aromatic rings. The van der Waals surface area contributed by atoms with Crippen LogP contribution < -0.4 is 10.6 Å². The molecule has 4 aliphatic rings. The van der Waals surface area contributed by atoms with Crippen molar-refractivity contribution in [1.29, 1.82) is 5.26 Å². The highest BCUT2D eigenvalue weighted by molar-refractivity contribution is 7.98. The molecule has 9 heteroatoms.